The van der Waals surface area contributed by atoms with E-state index in [-0.39, 0.29) is 18.7 Å². The molecule has 0 radical (unpaired) electrons. The molecule has 3 saturated heterocycles. The van der Waals surface area contributed by atoms with Crippen LogP contribution < -0.4 is 16.0 Å². The molecule has 5 rings (SSSR count). The van der Waals surface area contributed by atoms with Gasteiger partial charge in [0.2, 0.25) is 17.7 Å². The molecule has 4 aliphatic rings. The topological polar surface area (TPSA) is 127 Å². The van der Waals surface area contributed by atoms with Crippen molar-refractivity contribution in [3.63, 3.8) is 0 Å². The number of fused-ring (bicyclic) bond motifs is 3. The molecule has 12 heteroatoms. The molecule has 1 aliphatic carbocycles. The molecule has 9 nitrogen and oxygen atoms in total. The Balaban J connectivity index is 1.52. The fourth-order valence-electron chi connectivity index (χ4n) is 5.60. The van der Waals surface area contributed by atoms with E-state index in [1.807, 2.05) is 6.07 Å². The SMILES string of the molecule is C[C@@H](Nc1cncc(Cl)c1)C(=O)N1[C@H]2CC[C@@H]([C@H]1C(=O)N[C@@H](C#N)C[C@H]1CCCNC1=O)C(F)(F)C2. The van der Waals surface area contributed by atoms with E-state index >= 15 is 0 Å². The van der Waals surface area contributed by atoms with Crippen LogP contribution in [0.4, 0.5) is 14.5 Å². The van der Waals surface area contributed by atoms with Crippen molar-refractivity contribution in [1.29, 1.82) is 5.26 Å². The number of nitriles is 1. The molecule has 1 aromatic heterocycles. The number of carbonyl (C=O) groups excluding carboxylic acids is 3. The third-order valence-corrected chi connectivity index (χ3v) is 7.52. The number of hydrogen-bond donors (Lipinski definition) is 3. The van der Waals surface area contributed by atoms with E-state index < -0.39 is 60.2 Å². The number of halogens is 3. The number of piperidine rings is 3. The van der Waals surface area contributed by atoms with Crippen molar-refractivity contribution in [3.05, 3.63) is 23.5 Å². The van der Waals surface area contributed by atoms with Gasteiger partial charge in [-0.1, -0.05) is 11.6 Å². The van der Waals surface area contributed by atoms with Crippen LogP contribution in [0.5, 0.6) is 0 Å². The first-order chi connectivity index (χ1) is 17.1. The predicted molar refractivity (Wildman–Crippen MR) is 127 cm³/mol. The Morgan fingerprint density at radius 3 is 2.81 bits per heavy atom. The predicted octanol–water partition coefficient (Wildman–Crippen LogP) is 2.47. The maximum absolute atomic E-state index is 14.9. The number of pyridine rings is 1. The normalized spacial score (nSPS) is 28.4. The fraction of sp³-hybridized carbons (Fsp3) is 0.625. The second-order valence-electron chi connectivity index (χ2n) is 9.81. The van der Waals surface area contributed by atoms with E-state index in [1.54, 1.807) is 13.0 Å². The number of rotatable bonds is 7. The van der Waals surface area contributed by atoms with Crippen LogP contribution in [0.3, 0.4) is 0 Å². The standard InChI is InChI=1S/C24H29ClF2N6O3/c1-13(31-17-8-15(25)11-29-12-17)23(36)33-18-4-5-19(24(26,27)9-18)20(33)22(35)32-16(10-28)7-14-3-2-6-30-21(14)34/h8,11-14,16,18-20,31H,2-7,9H2,1H3,(H,30,34)(H,32,35)/t13-,14-,16-,18+,19+,20+/m1/s1. The van der Waals surface area contributed by atoms with E-state index in [2.05, 4.69) is 20.9 Å². The number of nitrogens with zero attached hydrogens (tertiary/aromatic N) is 3. The first kappa shape index (κ1) is 26.1. The highest BCUT2D eigenvalue weighted by Gasteiger charge is 2.60. The molecule has 4 fully saturated rings. The van der Waals surface area contributed by atoms with Gasteiger partial charge in [-0.05, 0) is 45.1 Å². The number of hydrogen-bond acceptors (Lipinski definition) is 6. The summed E-state index contributed by atoms with van der Waals surface area (Å²) in [5.41, 5.74) is 0.479. The molecule has 3 N–H and O–H groups in total. The monoisotopic (exact) mass is 522 g/mol. The van der Waals surface area contributed by atoms with Gasteiger partial charge in [0.1, 0.15) is 18.1 Å². The van der Waals surface area contributed by atoms with Gasteiger partial charge >= 0.3 is 0 Å². The Morgan fingerprint density at radius 1 is 1.36 bits per heavy atom. The van der Waals surface area contributed by atoms with Gasteiger partial charge in [0.15, 0.2) is 0 Å². The molecule has 194 valence electrons. The quantitative estimate of drug-likeness (QED) is 0.505. The van der Waals surface area contributed by atoms with E-state index in [0.29, 0.717) is 30.1 Å². The average molecular weight is 523 g/mol. The average Bonchev–Trinajstić information content (AvgIpc) is 2.83. The molecule has 0 aromatic carbocycles. The number of aromatic nitrogens is 1. The van der Waals surface area contributed by atoms with Crippen LogP contribution in [0, 0.1) is 23.2 Å². The molecule has 1 saturated carbocycles. The fourth-order valence-corrected chi connectivity index (χ4v) is 5.77. The second kappa shape index (κ2) is 10.5. The summed E-state index contributed by atoms with van der Waals surface area (Å²) in [4.78, 5) is 44.2. The minimum Gasteiger partial charge on any atom is -0.373 e. The van der Waals surface area contributed by atoms with Crippen LogP contribution in [-0.4, -0.2) is 64.2 Å². The molecule has 3 amide bonds. The van der Waals surface area contributed by atoms with Crippen molar-refractivity contribution in [2.75, 3.05) is 11.9 Å². The highest BCUT2D eigenvalue weighted by atomic mass is 35.5. The molecule has 36 heavy (non-hydrogen) atoms. The molecule has 1 aromatic rings. The largest absolute Gasteiger partial charge is 0.373 e. The van der Waals surface area contributed by atoms with Crippen molar-refractivity contribution in [1.82, 2.24) is 20.5 Å². The van der Waals surface area contributed by atoms with Gasteiger partial charge in [-0.2, -0.15) is 5.26 Å². The van der Waals surface area contributed by atoms with Gasteiger partial charge in [-0.15, -0.1) is 0 Å². The first-order valence-corrected chi connectivity index (χ1v) is 12.5. The summed E-state index contributed by atoms with van der Waals surface area (Å²) in [6.07, 6.45) is 4.30. The summed E-state index contributed by atoms with van der Waals surface area (Å²) in [6, 6.07) is -0.547. The summed E-state index contributed by atoms with van der Waals surface area (Å²) in [7, 11) is 0. The van der Waals surface area contributed by atoms with Crippen LogP contribution in [0.25, 0.3) is 0 Å². The smallest absolute Gasteiger partial charge is 0.255 e. The molecule has 4 heterocycles. The highest BCUT2D eigenvalue weighted by molar-refractivity contribution is 6.30. The Kier molecular flexibility index (Phi) is 7.64. The van der Waals surface area contributed by atoms with Gasteiger partial charge in [0.25, 0.3) is 5.92 Å². The summed E-state index contributed by atoms with van der Waals surface area (Å²) >= 11 is 5.96. The lowest BCUT2D eigenvalue weighted by atomic mass is 9.71. The zero-order valence-electron chi connectivity index (χ0n) is 19.8. The maximum atomic E-state index is 14.9. The zero-order valence-corrected chi connectivity index (χ0v) is 20.6. The van der Waals surface area contributed by atoms with Gasteiger partial charge in [0, 0.05) is 31.1 Å². The van der Waals surface area contributed by atoms with Crippen molar-refractivity contribution >= 4 is 35.0 Å². The molecule has 3 aliphatic heterocycles. The summed E-state index contributed by atoms with van der Waals surface area (Å²) in [5.74, 6) is -6.39. The molecule has 2 bridgehead atoms. The Bertz CT molecular complexity index is 1070. The maximum Gasteiger partial charge on any atom is 0.255 e. The van der Waals surface area contributed by atoms with Crippen molar-refractivity contribution in [3.8, 4) is 6.07 Å². The molecule has 0 unspecified atom stereocenters. The molecular weight excluding hydrogens is 494 g/mol. The van der Waals surface area contributed by atoms with Crippen LogP contribution in [0.2, 0.25) is 5.02 Å². The first-order valence-electron chi connectivity index (χ1n) is 12.2. The molecule has 0 spiro atoms. The van der Waals surface area contributed by atoms with Gasteiger partial charge in [-0.3, -0.25) is 19.4 Å². The van der Waals surface area contributed by atoms with Crippen molar-refractivity contribution in [2.45, 2.75) is 75.5 Å². The van der Waals surface area contributed by atoms with Crippen molar-refractivity contribution in [2.24, 2.45) is 11.8 Å². The lowest BCUT2D eigenvalue weighted by molar-refractivity contribution is -0.194. The van der Waals surface area contributed by atoms with E-state index in [1.165, 1.54) is 17.3 Å². The van der Waals surface area contributed by atoms with E-state index in [4.69, 9.17) is 11.6 Å². The number of alkyl halides is 2. The van der Waals surface area contributed by atoms with Gasteiger partial charge in [0.05, 0.1) is 28.9 Å². The third kappa shape index (κ3) is 5.38. The second-order valence-corrected chi connectivity index (χ2v) is 10.2. The third-order valence-electron chi connectivity index (χ3n) is 7.31. The summed E-state index contributed by atoms with van der Waals surface area (Å²) < 4.78 is 29.8. The Morgan fingerprint density at radius 2 is 2.14 bits per heavy atom. The van der Waals surface area contributed by atoms with Gasteiger partial charge < -0.3 is 20.9 Å². The molecular formula is C24H29ClF2N6O3. The van der Waals surface area contributed by atoms with Crippen LogP contribution in [0.15, 0.2) is 18.5 Å². The number of nitrogens with one attached hydrogen (secondary N) is 3. The van der Waals surface area contributed by atoms with E-state index in [9.17, 15) is 28.4 Å². The van der Waals surface area contributed by atoms with Crippen molar-refractivity contribution < 1.29 is 23.2 Å². The zero-order chi connectivity index (χ0) is 26.0. The van der Waals surface area contributed by atoms with Crippen LogP contribution in [-0.2, 0) is 14.4 Å². The number of amides is 3. The lowest BCUT2D eigenvalue weighted by Crippen LogP contribution is -2.70. The minimum absolute atomic E-state index is 0.0823. The lowest BCUT2D eigenvalue weighted by Gasteiger charge is -2.54. The Labute approximate surface area is 212 Å². The van der Waals surface area contributed by atoms with Crippen LogP contribution in [0.1, 0.15) is 45.4 Å². The number of carbonyl (C=O) groups is 3. The summed E-state index contributed by atoms with van der Waals surface area (Å²) in [5, 5.41) is 18.3. The highest BCUT2D eigenvalue weighted by Crippen LogP contribution is 2.49. The summed E-state index contributed by atoms with van der Waals surface area (Å²) in [6.45, 7) is 2.14. The minimum atomic E-state index is -3.11. The van der Waals surface area contributed by atoms with E-state index in [0.717, 1.165) is 6.42 Å². The van der Waals surface area contributed by atoms with Crippen LogP contribution >= 0.6 is 11.6 Å². The Hall–Kier alpha value is -3.00. The molecule has 6 atom stereocenters. The van der Waals surface area contributed by atoms with Gasteiger partial charge in [-0.25, -0.2) is 8.78 Å². The number of anilines is 1.